The smallest absolute Gasteiger partial charge is 0.308 e. The SMILES string of the molecule is CCOC(=O)C1CCC(c2cccc3c2C(=O)N(C2CCC(=O)NC2=O)C3=O)CC1. The Morgan fingerprint density at radius 2 is 1.80 bits per heavy atom. The van der Waals surface area contributed by atoms with Crippen molar-refractivity contribution in [2.24, 2.45) is 5.92 Å². The van der Waals surface area contributed by atoms with Crippen molar-refractivity contribution in [2.45, 2.75) is 57.4 Å². The van der Waals surface area contributed by atoms with Gasteiger partial charge in [-0.3, -0.25) is 34.2 Å². The molecule has 8 heteroatoms. The van der Waals surface area contributed by atoms with Gasteiger partial charge in [0.15, 0.2) is 0 Å². The molecule has 1 aromatic rings. The number of nitrogens with zero attached hydrogens (tertiary/aromatic N) is 1. The zero-order chi connectivity index (χ0) is 21.4. The van der Waals surface area contributed by atoms with Crippen LogP contribution in [0, 0.1) is 5.92 Å². The van der Waals surface area contributed by atoms with E-state index in [0.717, 1.165) is 23.3 Å². The van der Waals surface area contributed by atoms with Crippen LogP contribution in [0.2, 0.25) is 0 Å². The van der Waals surface area contributed by atoms with E-state index in [9.17, 15) is 24.0 Å². The van der Waals surface area contributed by atoms with Crippen molar-refractivity contribution in [1.29, 1.82) is 0 Å². The Morgan fingerprint density at radius 3 is 2.47 bits per heavy atom. The molecule has 4 amide bonds. The molecule has 0 spiro atoms. The van der Waals surface area contributed by atoms with Crippen molar-refractivity contribution in [3.63, 3.8) is 0 Å². The van der Waals surface area contributed by atoms with Crippen molar-refractivity contribution >= 4 is 29.6 Å². The average molecular weight is 412 g/mol. The van der Waals surface area contributed by atoms with Crippen LogP contribution in [0.25, 0.3) is 0 Å². The number of amides is 4. The van der Waals surface area contributed by atoms with Crippen LogP contribution in [0.15, 0.2) is 18.2 Å². The van der Waals surface area contributed by atoms with Crippen molar-refractivity contribution in [3.05, 3.63) is 34.9 Å². The number of fused-ring (bicyclic) bond motifs is 1. The molecule has 4 rings (SSSR count). The number of nitrogens with one attached hydrogen (secondary N) is 1. The van der Waals surface area contributed by atoms with E-state index < -0.39 is 29.7 Å². The first-order valence-electron chi connectivity index (χ1n) is 10.4. The number of esters is 1. The fraction of sp³-hybridized carbons (Fsp3) is 0.500. The minimum absolute atomic E-state index is 0.0593. The maximum atomic E-state index is 13.2. The first kappa shape index (κ1) is 20.3. The zero-order valence-electron chi connectivity index (χ0n) is 16.8. The van der Waals surface area contributed by atoms with Crippen LogP contribution in [-0.4, -0.2) is 47.1 Å². The highest BCUT2D eigenvalue weighted by atomic mass is 16.5. The molecule has 8 nitrogen and oxygen atoms in total. The molecule has 158 valence electrons. The maximum Gasteiger partial charge on any atom is 0.308 e. The Kier molecular flexibility index (Phi) is 5.40. The van der Waals surface area contributed by atoms with E-state index in [-0.39, 0.29) is 30.6 Å². The summed E-state index contributed by atoms with van der Waals surface area (Å²) >= 11 is 0. The van der Waals surface area contributed by atoms with E-state index >= 15 is 0 Å². The van der Waals surface area contributed by atoms with Crippen molar-refractivity contribution in [2.75, 3.05) is 6.61 Å². The lowest BCUT2D eigenvalue weighted by atomic mass is 9.77. The number of imide groups is 2. The molecule has 1 saturated heterocycles. The molecule has 30 heavy (non-hydrogen) atoms. The van der Waals surface area contributed by atoms with Crippen molar-refractivity contribution in [1.82, 2.24) is 10.2 Å². The molecule has 1 aliphatic carbocycles. The Hall–Kier alpha value is -3.03. The lowest BCUT2D eigenvalue weighted by Gasteiger charge is -2.29. The Balaban J connectivity index is 1.56. The van der Waals surface area contributed by atoms with E-state index in [2.05, 4.69) is 5.32 Å². The lowest BCUT2D eigenvalue weighted by molar-refractivity contribution is -0.149. The largest absolute Gasteiger partial charge is 0.466 e. The van der Waals surface area contributed by atoms with Crippen LogP contribution < -0.4 is 5.32 Å². The van der Waals surface area contributed by atoms with Gasteiger partial charge in [0.25, 0.3) is 11.8 Å². The summed E-state index contributed by atoms with van der Waals surface area (Å²) < 4.78 is 5.12. The molecular formula is C22H24N2O6. The van der Waals surface area contributed by atoms with E-state index in [1.807, 2.05) is 6.07 Å². The Morgan fingerprint density at radius 1 is 1.07 bits per heavy atom. The number of piperidine rings is 1. The van der Waals surface area contributed by atoms with Gasteiger partial charge < -0.3 is 4.74 Å². The molecule has 2 fully saturated rings. The molecule has 0 radical (unpaired) electrons. The lowest BCUT2D eigenvalue weighted by Crippen LogP contribution is -2.54. The highest BCUT2D eigenvalue weighted by Crippen LogP contribution is 2.40. The van der Waals surface area contributed by atoms with E-state index in [1.54, 1.807) is 19.1 Å². The van der Waals surface area contributed by atoms with Crippen LogP contribution >= 0.6 is 0 Å². The molecule has 2 heterocycles. The number of ether oxygens (including phenoxy) is 1. The van der Waals surface area contributed by atoms with Gasteiger partial charge in [-0.2, -0.15) is 0 Å². The van der Waals surface area contributed by atoms with Crippen LogP contribution in [0.5, 0.6) is 0 Å². The second-order valence-corrected chi connectivity index (χ2v) is 8.02. The summed E-state index contributed by atoms with van der Waals surface area (Å²) in [4.78, 5) is 62.9. The minimum Gasteiger partial charge on any atom is -0.466 e. The minimum atomic E-state index is -0.970. The van der Waals surface area contributed by atoms with E-state index in [4.69, 9.17) is 4.74 Å². The third-order valence-electron chi connectivity index (χ3n) is 6.29. The van der Waals surface area contributed by atoms with Crippen LogP contribution in [0.1, 0.15) is 77.6 Å². The third kappa shape index (κ3) is 3.40. The average Bonchev–Trinajstić information content (AvgIpc) is 2.99. The van der Waals surface area contributed by atoms with Gasteiger partial charge in [-0.15, -0.1) is 0 Å². The fourth-order valence-electron chi connectivity index (χ4n) is 4.78. The van der Waals surface area contributed by atoms with Crippen molar-refractivity contribution in [3.8, 4) is 0 Å². The molecule has 1 N–H and O–H groups in total. The summed E-state index contributed by atoms with van der Waals surface area (Å²) in [5.41, 5.74) is 1.45. The molecule has 2 aliphatic heterocycles. The van der Waals surface area contributed by atoms with Crippen LogP contribution in [-0.2, 0) is 19.1 Å². The fourth-order valence-corrected chi connectivity index (χ4v) is 4.78. The summed E-state index contributed by atoms with van der Waals surface area (Å²) in [5.74, 6) is -2.23. The molecule has 1 unspecified atom stereocenters. The molecule has 1 atom stereocenters. The van der Waals surface area contributed by atoms with Crippen LogP contribution in [0.4, 0.5) is 0 Å². The monoisotopic (exact) mass is 412 g/mol. The first-order valence-corrected chi connectivity index (χ1v) is 10.4. The number of carbonyl (C=O) groups is 5. The molecule has 3 aliphatic rings. The summed E-state index contributed by atoms with van der Waals surface area (Å²) in [5, 5.41) is 2.21. The normalized spacial score (nSPS) is 26.4. The number of rotatable bonds is 4. The Labute approximate surface area is 173 Å². The molecule has 0 bridgehead atoms. The number of hydrogen-bond acceptors (Lipinski definition) is 6. The maximum absolute atomic E-state index is 13.2. The molecule has 1 saturated carbocycles. The second kappa shape index (κ2) is 8.01. The topological polar surface area (TPSA) is 110 Å². The van der Waals surface area contributed by atoms with Gasteiger partial charge >= 0.3 is 5.97 Å². The molecule has 1 aromatic carbocycles. The summed E-state index contributed by atoms with van der Waals surface area (Å²) in [7, 11) is 0. The Bertz CT molecular complexity index is 932. The van der Waals surface area contributed by atoms with Gasteiger partial charge in [-0.1, -0.05) is 12.1 Å². The van der Waals surface area contributed by atoms with Gasteiger partial charge in [0.1, 0.15) is 6.04 Å². The summed E-state index contributed by atoms with van der Waals surface area (Å²) in [6.45, 7) is 2.14. The molecular weight excluding hydrogens is 388 g/mol. The van der Waals surface area contributed by atoms with Gasteiger partial charge in [-0.25, -0.2) is 0 Å². The van der Waals surface area contributed by atoms with E-state index in [0.29, 0.717) is 30.6 Å². The quantitative estimate of drug-likeness (QED) is 0.598. The predicted molar refractivity (Wildman–Crippen MR) is 104 cm³/mol. The molecule has 0 aromatic heterocycles. The van der Waals surface area contributed by atoms with Gasteiger partial charge in [0.2, 0.25) is 11.8 Å². The van der Waals surface area contributed by atoms with Gasteiger partial charge in [0.05, 0.1) is 23.7 Å². The standard InChI is InChI=1S/C22H24N2O6/c1-2-30-22(29)13-8-6-12(7-9-13)14-4-3-5-15-18(14)21(28)24(20(15)27)16-10-11-17(25)23-19(16)26/h3-5,12-13,16H,2,6-11H2,1H3,(H,23,25,26). The highest BCUT2D eigenvalue weighted by Gasteiger charge is 2.46. The van der Waals surface area contributed by atoms with Gasteiger partial charge in [-0.05, 0) is 56.6 Å². The summed E-state index contributed by atoms with van der Waals surface area (Å²) in [6.07, 6.45) is 3.02. The van der Waals surface area contributed by atoms with Crippen LogP contribution in [0.3, 0.4) is 0 Å². The second-order valence-electron chi connectivity index (χ2n) is 8.02. The van der Waals surface area contributed by atoms with Crippen molar-refractivity contribution < 1.29 is 28.7 Å². The predicted octanol–water partition coefficient (Wildman–Crippen LogP) is 1.92. The first-order chi connectivity index (χ1) is 14.4. The third-order valence-corrected chi connectivity index (χ3v) is 6.29. The number of hydrogen-bond donors (Lipinski definition) is 1. The van der Waals surface area contributed by atoms with Gasteiger partial charge in [0, 0.05) is 6.42 Å². The summed E-state index contributed by atoms with van der Waals surface area (Å²) in [6, 6.07) is 4.25. The zero-order valence-corrected chi connectivity index (χ0v) is 16.8. The highest BCUT2D eigenvalue weighted by molar-refractivity contribution is 6.24. The van der Waals surface area contributed by atoms with E-state index in [1.165, 1.54) is 0 Å². The number of benzene rings is 1. The number of carbonyl (C=O) groups excluding carboxylic acids is 5.